The Morgan fingerprint density at radius 2 is 1.93 bits per heavy atom. The summed E-state index contributed by atoms with van der Waals surface area (Å²) in [6, 6.07) is 15.2. The van der Waals surface area contributed by atoms with E-state index in [4.69, 9.17) is 16.1 Å². The first kappa shape index (κ1) is 18.5. The van der Waals surface area contributed by atoms with Gasteiger partial charge in [0.1, 0.15) is 0 Å². The molecular formula is C21H21ClN4O2. The van der Waals surface area contributed by atoms with Crippen LogP contribution in [0.2, 0.25) is 5.02 Å². The van der Waals surface area contributed by atoms with E-state index in [-0.39, 0.29) is 5.91 Å². The van der Waals surface area contributed by atoms with Gasteiger partial charge in [-0.2, -0.15) is 4.98 Å². The topological polar surface area (TPSA) is 71.3 Å². The molecule has 1 aliphatic heterocycles. The average molecular weight is 397 g/mol. The standard InChI is InChI=1S/C21H21ClN4O2/c22-16-8-9-17(21(27)26-10-4-5-11-26)18(13-16)23-14-20-24-19(25-28-20)12-15-6-2-1-3-7-15/h1-3,6-9,13,23H,4-5,10-12,14H2. The van der Waals surface area contributed by atoms with E-state index in [1.807, 2.05) is 35.2 Å². The second-order valence-electron chi connectivity index (χ2n) is 6.81. The third-order valence-corrected chi connectivity index (χ3v) is 4.99. The molecule has 1 aromatic heterocycles. The summed E-state index contributed by atoms with van der Waals surface area (Å²) in [5.74, 6) is 1.11. The van der Waals surface area contributed by atoms with Crippen molar-refractivity contribution in [2.45, 2.75) is 25.8 Å². The van der Waals surface area contributed by atoms with Gasteiger partial charge in [0.25, 0.3) is 5.91 Å². The van der Waals surface area contributed by atoms with Gasteiger partial charge in [-0.25, -0.2) is 0 Å². The van der Waals surface area contributed by atoms with Crippen molar-refractivity contribution < 1.29 is 9.32 Å². The summed E-state index contributed by atoms with van der Waals surface area (Å²) < 4.78 is 5.34. The Balaban J connectivity index is 1.45. The van der Waals surface area contributed by atoms with E-state index in [1.165, 1.54) is 0 Å². The highest BCUT2D eigenvalue weighted by atomic mass is 35.5. The molecule has 144 valence electrons. The van der Waals surface area contributed by atoms with Gasteiger partial charge in [-0.1, -0.05) is 47.1 Å². The Bertz CT molecular complexity index is 952. The highest BCUT2D eigenvalue weighted by Gasteiger charge is 2.22. The van der Waals surface area contributed by atoms with Crippen LogP contribution < -0.4 is 5.32 Å². The number of carbonyl (C=O) groups excluding carboxylic acids is 1. The molecule has 28 heavy (non-hydrogen) atoms. The smallest absolute Gasteiger partial charge is 0.255 e. The number of rotatable bonds is 6. The number of aromatic nitrogens is 2. The van der Waals surface area contributed by atoms with Crippen LogP contribution in [0, 0.1) is 0 Å². The largest absolute Gasteiger partial charge is 0.375 e. The molecular weight excluding hydrogens is 376 g/mol. The van der Waals surface area contributed by atoms with Crippen LogP contribution in [0.4, 0.5) is 5.69 Å². The van der Waals surface area contributed by atoms with Crippen LogP contribution in [0.25, 0.3) is 0 Å². The van der Waals surface area contributed by atoms with Gasteiger partial charge in [0.2, 0.25) is 5.89 Å². The third-order valence-electron chi connectivity index (χ3n) is 4.75. The van der Waals surface area contributed by atoms with Gasteiger partial charge in [-0.15, -0.1) is 0 Å². The maximum absolute atomic E-state index is 12.8. The molecule has 0 aliphatic carbocycles. The van der Waals surface area contributed by atoms with E-state index in [0.717, 1.165) is 31.5 Å². The number of carbonyl (C=O) groups is 1. The van der Waals surface area contributed by atoms with Crippen LogP contribution in [-0.2, 0) is 13.0 Å². The molecule has 1 amide bonds. The van der Waals surface area contributed by atoms with Gasteiger partial charge in [0, 0.05) is 30.2 Å². The lowest BCUT2D eigenvalue weighted by Gasteiger charge is -2.18. The molecule has 1 aliphatic rings. The minimum atomic E-state index is 0.0203. The van der Waals surface area contributed by atoms with Crippen molar-refractivity contribution in [1.29, 1.82) is 0 Å². The summed E-state index contributed by atoms with van der Waals surface area (Å²) in [7, 11) is 0. The summed E-state index contributed by atoms with van der Waals surface area (Å²) in [6.45, 7) is 1.92. The van der Waals surface area contributed by atoms with Crippen molar-refractivity contribution in [3.8, 4) is 0 Å². The lowest BCUT2D eigenvalue weighted by molar-refractivity contribution is 0.0793. The number of hydrogen-bond donors (Lipinski definition) is 1. The molecule has 1 N–H and O–H groups in total. The number of nitrogens with zero attached hydrogens (tertiary/aromatic N) is 3. The van der Waals surface area contributed by atoms with Crippen LogP contribution in [0.3, 0.4) is 0 Å². The quantitative estimate of drug-likeness (QED) is 0.677. The molecule has 4 rings (SSSR count). The van der Waals surface area contributed by atoms with Crippen LogP contribution in [0.15, 0.2) is 53.1 Å². The first-order chi connectivity index (χ1) is 13.7. The van der Waals surface area contributed by atoms with E-state index in [1.54, 1.807) is 18.2 Å². The number of nitrogens with one attached hydrogen (secondary N) is 1. The highest BCUT2D eigenvalue weighted by Crippen LogP contribution is 2.24. The first-order valence-electron chi connectivity index (χ1n) is 9.37. The fourth-order valence-corrected chi connectivity index (χ4v) is 3.49. The monoisotopic (exact) mass is 396 g/mol. The van der Waals surface area contributed by atoms with Crippen molar-refractivity contribution in [3.05, 3.63) is 76.4 Å². The van der Waals surface area contributed by atoms with Gasteiger partial charge < -0.3 is 14.7 Å². The van der Waals surface area contributed by atoms with Gasteiger partial charge in [0.05, 0.1) is 12.1 Å². The minimum absolute atomic E-state index is 0.0203. The Kier molecular flexibility index (Phi) is 5.58. The van der Waals surface area contributed by atoms with Crippen molar-refractivity contribution in [2.75, 3.05) is 18.4 Å². The Morgan fingerprint density at radius 1 is 1.14 bits per heavy atom. The first-order valence-corrected chi connectivity index (χ1v) is 9.75. The Labute approximate surface area is 168 Å². The summed E-state index contributed by atoms with van der Waals surface area (Å²) >= 11 is 6.14. The lowest BCUT2D eigenvalue weighted by atomic mass is 10.1. The lowest BCUT2D eigenvalue weighted by Crippen LogP contribution is -2.28. The molecule has 0 saturated carbocycles. The fourth-order valence-electron chi connectivity index (χ4n) is 3.32. The summed E-state index contributed by atoms with van der Waals surface area (Å²) in [5.41, 5.74) is 2.40. The number of halogens is 1. The normalized spacial score (nSPS) is 13.7. The zero-order valence-corrected chi connectivity index (χ0v) is 16.2. The van der Waals surface area contributed by atoms with E-state index in [2.05, 4.69) is 15.5 Å². The molecule has 2 heterocycles. The van der Waals surface area contributed by atoms with Gasteiger partial charge >= 0.3 is 0 Å². The molecule has 0 bridgehead atoms. The second kappa shape index (κ2) is 8.44. The second-order valence-corrected chi connectivity index (χ2v) is 7.25. The average Bonchev–Trinajstić information content (AvgIpc) is 3.39. The van der Waals surface area contributed by atoms with Gasteiger partial charge in [-0.05, 0) is 36.6 Å². The fraction of sp³-hybridized carbons (Fsp3) is 0.286. The van der Waals surface area contributed by atoms with E-state index < -0.39 is 0 Å². The number of benzene rings is 2. The zero-order chi connectivity index (χ0) is 19.3. The minimum Gasteiger partial charge on any atom is -0.375 e. The van der Waals surface area contributed by atoms with Crippen molar-refractivity contribution in [3.63, 3.8) is 0 Å². The molecule has 0 spiro atoms. The number of likely N-dealkylation sites (tertiary alicyclic amines) is 1. The van der Waals surface area contributed by atoms with Crippen molar-refractivity contribution >= 4 is 23.2 Å². The molecule has 0 unspecified atom stereocenters. The molecule has 7 heteroatoms. The van der Waals surface area contributed by atoms with Crippen molar-refractivity contribution in [2.24, 2.45) is 0 Å². The van der Waals surface area contributed by atoms with Gasteiger partial charge in [-0.3, -0.25) is 4.79 Å². The summed E-state index contributed by atoms with van der Waals surface area (Å²) in [6.07, 6.45) is 2.71. The van der Waals surface area contributed by atoms with Crippen LogP contribution in [0.5, 0.6) is 0 Å². The third kappa shape index (κ3) is 4.34. The maximum atomic E-state index is 12.8. The van der Waals surface area contributed by atoms with Crippen LogP contribution >= 0.6 is 11.6 Å². The number of anilines is 1. The van der Waals surface area contributed by atoms with Crippen molar-refractivity contribution in [1.82, 2.24) is 15.0 Å². The van der Waals surface area contributed by atoms with E-state index in [0.29, 0.717) is 41.0 Å². The number of amides is 1. The Hall–Kier alpha value is -2.86. The molecule has 0 atom stereocenters. The summed E-state index contributed by atoms with van der Waals surface area (Å²) in [5, 5.41) is 7.82. The van der Waals surface area contributed by atoms with Gasteiger partial charge in [0.15, 0.2) is 5.82 Å². The van der Waals surface area contributed by atoms with E-state index in [9.17, 15) is 4.79 Å². The molecule has 6 nitrogen and oxygen atoms in total. The molecule has 1 saturated heterocycles. The molecule has 0 radical (unpaired) electrons. The predicted octanol–water partition coefficient (Wildman–Crippen LogP) is 4.16. The highest BCUT2D eigenvalue weighted by molar-refractivity contribution is 6.31. The van der Waals surface area contributed by atoms with E-state index >= 15 is 0 Å². The predicted molar refractivity (Wildman–Crippen MR) is 107 cm³/mol. The molecule has 3 aromatic rings. The van der Waals surface area contributed by atoms with Crippen LogP contribution in [-0.4, -0.2) is 34.0 Å². The zero-order valence-electron chi connectivity index (χ0n) is 15.4. The number of hydrogen-bond acceptors (Lipinski definition) is 5. The molecule has 2 aromatic carbocycles. The Morgan fingerprint density at radius 3 is 2.71 bits per heavy atom. The van der Waals surface area contributed by atoms with Crippen LogP contribution in [0.1, 0.15) is 40.5 Å². The maximum Gasteiger partial charge on any atom is 0.255 e. The summed E-state index contributed by atoms with van der Waals surface area (Å²) in [4.78, 5) is 19.1. The SMILES string of the molecule is O=C(c1ccc(Cl)cc1NCc1nc(Cc2ccccc2)no1)N1CCCC1. The molecule has 1 fully saturated rings.